The van der Waals surface area contributed by atoms with Crippen molar-refractivity contribution in [3.8, 4) is 0 Å². The highest BCUT2D eigenvalue weighted by Crippen LogP contribution is 2.02. The summed E-state index contributed by atoms with van der Waals surface area (Å²) in [6.07, 6.45) is 0.646. The van der Waals surface area contributed by atoms with Crippen LogP contribution in [-0.4, -0.2) is 37.3 Å². The fraction of sp³-hybridized carbons (Fsp3) is 0.417. The highest BCUT2D eigenvalue weighted by Gasteiger charge is 2.10. The third kappa shape index (κ3) is 4.42. The van der Waals surface area contributed by atoms with Gasteiger partial charge >= 0.3 is 0 Å². The molecule has 0 heterocycles. The lowest BCUT2D eigenvalue weighted by Gasteiger charge is -2.16. The van der Waals surface area contributed by atoms with Crippen LogP contribution in [0.15, 0.2) is 30.3 Å². The molecule has 0 saturated carbocycles. The number of likely N-dealkylation sites (N-methyl/N-ethyl adjacent to an activating group) is 1. The van der Waals surface area contributed by atoms with Crippen LogP contribution in [0.3, 0.4) is 0 Å². The smallest absolute Gasteiger partial charge is 0.234 e. The van der Waals surface area contributed by atoms with Gasteiger partial charge in [-0.2, -0.15) is 0 Å². The van der Waals surface area contributed by atoms with E-state index < -0.39 is 0 Å². The maximum atomic E-state index is 11.3. The van der Waals surface area contributed by atoms with E-state index in [1.54, 1.807) is 7.05 Å². The topological polar surface area (TPSA) is 61.4 Å². The van der Waals surface area contributed by atoms with Gasteiger partial charge in [0.25, 0.3) is 0 Å². The Bertz CT molecular complexity index is 314. The number of nitrogens with one attached hydrogen (secondary N) is 2. The molecule has 4 nitrogen and oxygen atoms in total. The van der Waals surface area contributed by atoms with E-state index in [4.69, 9.17) is 5.11 Å². The van der Waals surface area contributed by atoms with Crippen LogP contribution < -0.4 is 10.6 Å². The molecule has 1 aromatic carbocycles. The largest absolute Gasteiger partial charge is 0.394 e. The highest BCUT2D eigenvalue weighted by molar-refractivity contribution is 5.78. The number of amides is 1. The quantitative estimate of drug-likeness (QED) is 0.631. The second-order valence-corrected chi connectivity index (χ2v) is 3.67. The number of hydrogen-bond acceptors (Lipinski definition) is 3. The van der Waals surface area contributed by atoms with Gasteiger partial charge in [0.05, 0.1) is 19.2 Å². The van der Waals surface area contributed by atoms with Crippen LogP contribution in [0.4, 0.5) is 0 Å². The maximum Gasteiger partial charge on any atom is 0.234 e. The monoisotopic (exact) mass is 222 g/mol. The highest BCUT2D eigenvalue weighted by atomic mass is 16.3. The molecule has 0 aliphatic rings. The number of carbonyl (C=O) groups excluding carboxylic acids is 1. The Morgan fingerprint density at radius 3 is 2.62 bits per heavy atom. The lowest BCUT2D eigenvalue weighted by molar-refractivity contribution is -0.121. The van der Waals surface area contributed by atoms with Gasteiger partial charge in [-0.25, -0.2) is 0 Å². The van der Waals surface area contributed by atoms with Crippen molar-refractivity contribution in [2.24, 2.45) is 0 Å². The summed E-state index contributed by atoms with van der Waals surface area (Å²) in [5, 5.41) is 14.7. The van der Waals surface area contributed by atoms with Gasteiger partial charge in [-0.05, 0) is 19.0 Å². The van der Waals surface area contributed by atoms with Gasteiger partial charge in [-0.1, -0.05) is 30.3 Å². The van der Waals surface area contributed by atoms with Crippen molar-refractivity contribution in [3.63, 3.8) is 0 Å². The fourth-order valence-corrected chi connectivity index (χ4v) is 1.50. The zero-order valence-corrected chi connectivity index (χ0v) is 9.44. The number of aliphatic hydroxyl groups is 1. The average Bonchev–Trinajstić information content (AvgIpc) is 2.30. The molecule has 3 N–H and O–H groups in total. The predicted molar refractivity (Wildman–Crippen MR) is 63.1 cm³/mol. The Kier molecular flexibility index (Phi) is 5.53. The first kappa shape index (κ1) is 12.7. The minimum Gasteiger partial charge on any atom is -0.394 e. The Balaban J connectivity index is 2.46. The maximum absolute atomic E-state index is 11.3. The van der Waals surface area contributed by atoms with E-state index in [1.807, 2.05) is 30.3 Å². The number of rotatable bonds is 6. The van der Waals surface area contributed by atoms with E-state index in [-0.39, 0.29) is 25.1 Å². The third-order valence-corrected chi connectivity index (χ3v) is 2.25. The van der Waals surface area contributed by atoms with Gasteiger partial charge in [0.2, 0.25) is 5.91 Å². The lowest BCUT2D eigenvalue weighted by atomic mass is 10.1. The van der Waals surface area contributed by atoms with Crippen molar-refractivity contribution >= 4 is 5.91 Å². The SMILES string of the molecule is CNCC(=O)N[C@@H](CO)Cc1ccccc1. The first-order valence-electron chi connectivity index (χ1n) is 5.35. The van der Waals surface area contributed by atoms with Crippen molar-refractivity contribution in [2.45, 2.75) is 12.5 Å². The molecule has 1 amide bonds. The molecule has 0 aliphatic carbocycles. The normalized spacial score (nSPS) is 12.1. The molecule has 1 rings (SSSR count). The summed E-state index contributed by atoms with van der Waals surface area (Å²) >= 11 is 0. The minimum atomic E-state index is -0.219. The van der Waals surface area contributed by atoms with Crippen molar-refractivity contribution in [2.75, 3.05) is 20.2 Å². The fourth-order valence-electron chi connectivity index (χ4n) is 1.50. The van der Waals surface area contributed by atoms with Crippen LogP contribution >= 0.6 is 0 Å². The molecule has 1 atom stereocenters. The molecule has 0 aliphatic heterocycles. The van der Waals surface area contributed by atoms with Crippen molar-refractivity contribution in [1.29, 1.82) is 0 Å². The molecule has 0 unspecified atom stereocenters. The molecule has 1 aromatic rings. The molecular weight excluding hydrogens is 204 g/mol. The van der Waals surface area contributed by atoms with Gasteiger partial charge < -0.3 is 15.7 Å². The van der Waals surface area contributed by atoms with Gasteiger partial charge in [-0.3, -0.25) is 4.79 Å². The summed E-state index contributed by atoms with van der Waals surface area (Å²) in [5.41, 5.74) is 1.10. The summed E-state index contributed by atoms with van der Waals surface area (Å²) in [6.45, 7) is 0.218. The molecular formula is C12H18N2O2. The van der Waals surface area contributed by atoms with Crippen LogP contribution in [0.5, 0.6) is 0 Å². The summed E-state index contributed by atoms with van der Waals surface area (Å²) in [7, 11) is 1.71. The van der Waals surface area contributed by atoms with Gasteiger partial charge in [0.15, 0.2) is 0 Å². The Labute approximate surface area is 95.7 Å². The first-order chi connectivity index (χ1) is 7.76. The van der Waals surface area contributed by atoms with Crippen molar-refractivity contribution in [1.82, 2.24) is 10.6 Å². The summed E-state index contributed by atoms with van der Waals surface area (Å²) < 4.78 is 0. The van der Waals surface area contributed by atoms with E-state index in [1.165, 1.54) is 0 Å². The summed E-state index contributed by atoms with van der Waals surface area (Å²) in [4.78, 5) is 11.3. The number of benzene rings is 1. The van der Waals surface area contributed by atoms with E-state index in [0.717, 1.165) is 5.56 Å². The average molecular weight is 222 g/mol. The molecule has 0 radical (unpaired) electrons. The molecule has 0 spiro atoms. The van der Waals surface area contributed by atoms with Crippen LogP contribution in [0.2, 0.25) is 0 Å². The second kappa shape index (κ2) is 6.98. The van der Waals surface area contributed by atoms with Crippen molar-refractivity contribution < 1.29 is 9.90 Å². The Hall–Kier alpha value is -1.39. The van der Waals surface area contributed by atoms with Crippen LogP contribution in [0, 0.1) is 0 Å². The predicted octanol–water partition coefficient (Wildman–Crippen LogP) is -0.0744. The zero-order chi connectivity index (χ0) is 11.8. The van der Waals surface area contributed by atoms with Gasteiger partial charge in [0.1, 0.15) is 0 Å². The van der Waals surface area contributed by atoms with Crippen LogP contribution in [0.1, 0.15) is 5.56 Å². The number of hydrogen-bond donors (Lipinski definition) is 3. The van der Waals surface area contributed by atoms with E-state index in [9.17, 15) is 4.79 Å². The van der Waals surface area contributed by atoms with E-state index in [0.29, 0.717) is 6.42 Å². The van der Waals surface area contributed by atoms with E-state index >= 15 is 0 Å². The molecule has 0 saturated heterocycles. The summed E-state index contributed by atoms with van der Waals surface area (Å²) in [5.74, 6) is -0.0996. The third-order valence-electron chi connectivity index (χ3n) is 2.25. The molecule has 16 heavy (non-hydrogen) atoms. The minimum absolute atomic E-state index is 0.0512. The van der Waals surface area contributed by atoms with Crippen molar-refractivity contribution in [3.05, 3.63) is 35.9 Å². The molecule has 0 fully saturated rings. The lowest BCUT2D eigenvalue weighted by Crippen LogP contribution is -2.42. The zero-order valence-electron chi connectivity index (χ0n) is 9.44. The number of carbonyl (C=O) groups is 1. The summed E-state index contributed by atoms with van der Waals surface area (Å²) in [6, 6.07) is 9.57. The van der Waals surface area contributed by atoms with Crippen LogP contribution in [0.25, 0.3) is 0 Å². The Morgan fingerprint density at radius 2 is 2.06 bits per heavy atom. The molecule has 0 aromatic heterocycles. The molecule has 88 valence electrons. The van der Waals surface area contributed by atoms with Crippen LogP contribution in [-0.2, 0) is 11.2 Å². The molecule has 4 heteroatoms. The number of aliphatic hydroxyl groups excluding tert-OH is 1. The van der Waals surface area contributed by atoms with Gasteiger partial charge in [-0.15, -0.1) is 0 Å². The molecule has 0 bridgehead atoms. The standard InChI is InChI=1S/C12H18N2O2/c1-13-8-12(16)14-11(9-15)7-10-5-3-2-4-6-10/h2-6,11,13,15H,7-9H2,1H3,(H,14,16)/t11-/m1/s1. The van der Waals surface area contributed by atoms with E-state index in [2.05, 4.69) is 10.6 Å². The second-order valence-electron chi connectivity index (χ2n) is 3.67. The van der Waals surface area contributed by atoms with Gasteiger partial charge in [0, 0.05) is 0 Å². The first-order valence-corrected chi connectivity index (χ1v) is 5.35. The Morgan fingerprint density at radius 1 is 1.38 bits per heavy atom.